The minimum absolute atomic E-state index is 0.752. The summed E-state index contributed by atoms with van der Waals surface area (Å²) in [5, 5.41) is 0. The van der Waals surface area contributed by atoms with Crippen molar-refractivity contribution in [2.45, 2.75) is 19.3 Å². The molecule has 0 aromatic heterocycles. The van der Waals surface area contributed by atoms with Crippen LogP contribution in [0.5, 0.6) is 5.75 Å². The number of nitrogens with zero attached hydrogens (tertiary/aromatic N) is 1. The van der Waals surface area contributed by atoms with Crippen LogP contribution in [0.3, 0.4) is 0 Å². The van der Waals surface area contributed by atoms with Gasteiger partial charge in [-0.2, -0.15) is 0 Å². The largest absolute Gasteiger partial charge is 0.494 e. The molecule has 0 amide bonds. The summed E-state index contributed by atoms with van der Waals surface area (Å²) in [6, 6.07) is 10.0. The van der Waals surface area contributed by atoms with E-state index in [2.05, 4.69) is 4.90 Å². The summed E-state index contributed by atoms with van der Waals surface area (Å²) in [5.41, 5.74) is 5.70. The molecule has 0 radical (unpaired) electrons. The first-order chi connectivity index (χ1) is 8.88. The molecule has 3 nitrogen and oxygen atoms in total. The molecule has 0 bridgehead atoms. The van der Waals surface area contributed by atoms with E-state index in [0.29, 0.717) is 0 Å². The number of piperidine rings is 1. The van der Waals surface area contributed by atoms with Crippen molar-refractivity contribution < 1.29 is 4.74 Å². The van der Waals surface area contributed by atoms with E-state index in [1.807, 2.05) is 30.3 Å². The number of nitrogens with two attached hydrogens (primary N) is 1. The lowest BCUT2D eigenvalue weighted by atomic mass is 9.97. The van der Waals surface area contributed by atoms with Crippen LogP contribution in [0.4, 0.5) is 0 Å². The van der Waals surface area contributed by atoms with Crippen molar-refractivity contribution in [2.75, 3.05) is 32.8 Å². The molecule has 18 heavy (non-hydrogen) atoms. The second kappa shape index (κ2) is 7.39. The molecule has 0 atom stereocenters. The van der Waals surface area contributed by atoms with Crippen molar-refractivity contribution in [2.24, 2.45) is 11.7 Å². The Kier molecular flexibility index (Phi) is 5.49. The average molecular weight is 248 g/mol. The van der Waals surface area contributed by atoms with E-state index in [1.54, 1.807) is 0 Å². The third kappa shape index (κ3) is 4.31. The Morgan fingerprint density at radius 2 is 1.89 bits per heavy atom. The Morgan fingerprint density at radius 3 is 2.56 bits per heavy atom. The molecule has 1 aromatic rings. The molecule has 0 unspecified atom stereocenters. The second-order valence-corrected chi connectivity index (χ2v) is 5.04. The van der Waals surface area contributed by atoms with E-state index in [-0.39, 0.29) is 0 Å². The maximum Gasteiger partial charge on any atom is 0.119 e. The maximum atomic E-state index is 5.70. The first-order valence-corrected chi connectivity index (χ1v) is 6.99. The van der Waals surface area contributed by atoms with Crippen LogP contribution in [0.1, 0.15) is 19.3 Å². The van der Waals surface area contributed by atoms with Crippen molar-refractivity contribution >= 4 is 0 Å². The van der Waals surface area contributed by atoms with Crippen molar-refractivity contribution in [3.05, 3.63) is 30.3 Å². The standard InChI is InChI=1S/C15H24N2O/c16-13-14-7-10-17(11-8-14)9-4-12-18-15-5-2-1-3-6-15/h1-3,5-6,14H,4,7-13,16H2. The normalized spacial score (nSPS) is 17.8. The third-order valence-corrected chi connectivity index (χ3v) is 3.67. The monoisotopic (exact) mass is 248 g/mol. The van der Waals surface area contributed by atoms with Gasteiger partial charge < -0.3 is 15.4 Å². The number of para-hydroxylation sites is 1. The molecule has 1 fully saturated rings. The lowest BCUT2D eigenvalue weighted by molar-refractivity contribution is 0.173. The molecule has 1 aromatic carbocycles. The van der Waals surface area contributed by atoms with Gasteiger partial charge in [0.15, 0.2) is 0 Å². The van der Waals surface area contributed by atoms with Crippen LogP contribution >= 0.6 is 0 Å². The van der Waals surface area contributed by atoms with Crippen molar-refractivity contribution in [3.63, 3.8) is 0 Å². The van der Waals surface area contributed by atoms with E-state index < -0.39 is 0 Å². The highest BCUT2D eigenvalue weighted by Gasteiger charge is 2.17. The summed E-state index contributed by atoms with van der Waals surface area (Å²) in [6.45, 7) is 5.20. The van der Waals surface area contributed by atoms with Crippen LogP contribution in [-0.2, 0) is 0 Å². The zero-order valence-corrected chi connectivity index (χ0v) is 11.1. The number of hydrogen-bond donors (Lipinski definition) is 1. The van der Waals surface area contributed by atoms with Gasteiger partial charge in [-0.15, -0.1) is 0 Å². The van der Waals surface area contributed by atoms with E-state index in [9.17, 15) is 0 Å². The number of ether oxygens (including phenoxy) is 1. The Hall–Kier alpha value is -1.06. The van der Waals surface area contributed by atoms with Gasteiger partial charge in [-0.25, -0.2) is 0 Å². The molecule has 0 saturated carbocycles. The quantitative estimate of drug-likeness (QED) is 0.784. The molecule has 1 saturated heterocycles. The van der Waals surface area contributed by atoms with Crippen LogP contribution in [0, 0.1) is 5.92 Å². The highest BCUT2D eigenvalue weighted by Crippen LogP contribution is 2.16. The van der Waals surface area contributed by atoms with Gasteiger partial charge in [0.1, 0.15) is 5.75 Å². The molecular weight excluding hydrogens is 224 g/mol. The summed E-state index contributed by atoms with van der Waals surface area (Å²) in [6.07, 6.45) is 3.62. The van der Waals surface area contributed by atoms with Crippen LogP contribution in [0.25, 0.3) is 0 Å². The van der Waals surface area contributed by atoms with Crippen molar-refractivity contribution in [1.82, 2.24) is 4.90 Å². The topological polar surface area (TPSA) is 38.5 Å². The Balaban J connectivity index is 1.56. The van der Waals surface area contributed by atoms with E-state index >= 15 is 0 Å². The summed E-state index contributed by atoms with van der Waals surface area (Å²) >= 11 is 0. The molecule has 100 valence electrons. The second-order valence-electron chi connectivity index (χ2n) is 5.04. The fraction of sp³-hybridized carbons (Fsp3) is 0.600. The van der Waals surface area contributed by atoms with E-state index in [1.165, 1.54) is 25.9 Å². The smallest absolute Gasteiger partial charge is 0.119 e. The number of likely N-dealkylation sites (tertiary alicyclic amines) is 1. The molecule has 1 aliphatic heterocycles. The number of rotatable bonds is 6. The molecule has 0 aliphatic carbocycles. The Labute approximate surface area is 110 Å². The van der Waals surface area contributed by atoms with E-state index in [0.717, 1.165) is 37.8 Å². The van der Waals surface area contributed by atoms with Gasteiger partial charge in [0.2, 0.25) is 0 Å². The lowest BCUT2D eigenvalue weighted by Crippen LogP contribution is -2.37. The Morgan fingerprint density at radius 1 is 1.17 bits per heavy atom. The summed E-state index contributed by atoms with van der Waals surface area (Å²) in [5.74, 6) is 1.72. The number of hydrogen-bond acceptors (Lipinski definition) is 3. The maximum absolute atomic E-state index is 5.70. The third-order valence-electron chi connectivity index (χ3n) is 3.67. The van der Waals surface area contributed by atoms with Gasteiger partial charge in [-0.3, -0.25) is 0 Å². The van der Waals surface area contributed by atoms with Crippen LogP contribution in [0.2, 0.25) is 0 Å². The van der Waals surface area contributed by atoms with Gasteiger partial charge in [-0.05, 0) is 56.9 Å². The SMILES string of the molecule is NCC1CCN(CCCOc2ccccc2)CC1. The van der Waals surface area contributed by atoms with Gasteiger partial charge in [0.05, 0.1) is 6.61 Å². The van der Waals surface area contributed by atoms with Crippen LogP contribution in [-0.4, -0.2) is 37.7 Å². The minimum Gasteiger partial charge on any atom is -0.494 e. The predicted octanol–water partition coefficient (Wildman–Crippen LogP) is 2.13. The van der Waals surface area contributed by atoms with Crippen LogP contribution in [0.15, 0.2) is 30.3 Å². The molecule has 1 aliphatic rings. The highest BCUT2D eigenvalue weighted by molar-refractivity contribution is 5.20. The lowest BCUT2D eigenvalue weighted by Gasteiger charge is -2.31. The summed E-state index contributed by atoms with van der Waals surface area (Å²) in [4.78, 5) is 2.53. The summed E-state index contributed by atoms with van der Waals surface area (Å²) < 4.78 is 5.69. The first kappa shape index (κ1) is 13.4. The first-order valence-electron chi connectivity index (χ1n) is 6.99. The van der Waals surface area contributed by atoms with Crippen molar-refractivity contribution in [3.8, 4) is 5.75 Å². The Bertz CT molecular complexity index is 321. The van der Waals surface area contributed by atoms with Crippen LogP contribution < -0.4 is 10.5 Å². The highest BCUT2D eigenvalue weighted by atomic mass is 16.5. The minimum atomic E-state index is 0.752. The zero-order chi connectivity index (χ0) is 12.6. The van der Waals surface area contributed by atoms with Gasteiger partial charge in [0.25, 0.3) is 0 Å². The van der Waals surface area contributed by atoms with Gasteiger partial charge >= 0.3 is 0 Å². The molecule has 2 N–H and O–H groups in total. The van der Waals surface area contributed by atoms with Crippen molar-refractivity contribution in [1.29, 1.82) is 0 Å². The predicted molar refractivity (Wildman–Crippen MR) is 74.8 cm³/mol. The fourth-order valence-corrected chi connectivity index (χ4v) is 2.44. The van der Waals surface area contributed by atoms with Gasteiger partial charge in [0, 0.05) is 6.54 Å². The van der Waals surface area contributed by atoms with Gasteiger partial charge in [-0.1, -0.05) is 18.2 Å². The molecule has 2 rings (SSSR count). The molecule has 0 spiro atoms. The zero-order valence-electron chi connectivity index (χ0n) is 11.1. The molecule has 1 heterocycles. The number of benzene rings is 1. The van der Waals surface area contributed by atoms with E-state index in [4.69, 9.17) is 10.5 Å². The molecular formula is C15H24N2O. The summed E-state index contributed by atoms with van der Waals surface area (Å²) in [7, 11) is 0. The fourth-order valence-electron chi connectivity index (χ4n) is 2.44. The molecule has 3 heteroatoms. The average Bonchev–Trinajstić information content (AvgIpc) is 2.45.